The first-order chi connectivity index (χ1) is 12.5. The number of nitrogens with one attached hydrogen (secondary N) is 1. The third-order valence-corrected chi connectivity index (χ3v) is 4.70. The summed E-state index contributed by atoms with van der Waals surface area (Å²) in [4.78, 5) is 28.5. The first-order valence-corrected chi connectivity index (χ1v) is 8.79. The minimum absolute atomic E-state index is 0.0836. The predicted molar refractivity (Wildman–Crippen MR) is 97.9 cm³/mol. The smallest absolute Gasteiger partial charge is 0.279 e. The van der Waals surface area contributed by atoms with Gasteiger partial charge in [0.05, 0.1) is 17.2 Å². The molecule has 0 fully saturated rings. The third kappa shape index (κ3) is 3.80. The second-order valence-electron chi connectivity index (χ2n) is 5.48. The van der Waals surface area contributed by atoms with Crippen LogP contribution in [0, 0.1) is 6.92 Å². The Morgan fingerprint density at radius 2 is 2.00 bits per heavy atom. The topological polar surface area (TPSA) is 94.3 Å². The number of rotatable bonds is 6. The maximum Gasteiger partial charge on any atom is 0.279 e. The molecule has 1 N–H and O–H groups in total. The van der Waals surface area contributed by atoms with Crippen molar-refractivity contribution in [1.29, 1.82) is 0 Å². The summed E-state index contributed by atoms with van der Waals surface area (Å²) in [6.07, 6.45) is 0. The Bertz CT molecular complexity index is 944. The van der Waals surface area contributed by atoms with Crippen molar-refractivity contribution in [3.8, 4) is 17.1 Å². The van der Waals surface area contributed by atoms with E-state index < -0.39 is 5.91 Å². The van der Waals surface area contributed by atoms with E-state index in [9.17, 15) is 9.59 Å². The third-order valence-electron chi connectivity index (χ3n) is 3.53. The van der Waals surface area contributed by atoms with E-state index in [0.717, 1.165) is 22.6 Å². The van der Waals surface area contributed by atoms with Crippen molar-refractivity contribution in [2.24, 2.45) is 0 Å². The fraction of sp³-hybridized carbons (Fsp3) is 0.222. The lowest BCUT2D eigenvalue weighted by atomic mass is 10.1. The lowest BCUT2D eigenvalue weighted by molar-refractivity contribution is 0.101. The van der Waals surface area contributed by atoms with Crippen molar-refractivity contribution in [3.05, 3.63) is 46.6 Å². The Hall–Kier alpha value is -3.00. The van der Waals surface area contributed by atoms with Crippen LogP contribution in [0.5, 0.6) is 5.75 Å². The number of ether oxygens (including phenoxy) is 1. The van der Waals surface area contributed by atoms with E-state index in [1.807, 2.05) is 31.2 Å². The SMILES string of the molecule is CCOc1ccc(-c2cc(C(=O)Nc3nc(C)c(C(C)=O)s3)no2)cc1. The van der Waals surface area contributed by atoms with E-state index >= 15 is 0 Å². The first-order valence-electron chi connectivity index (χ1n) is 7.97. The second-order valence-corrected chi connectivity index (χ2v) is 6.48. The Balaban J connectivity index is 1.73. The number of Topliss-reactive ketones (excluding diaryl/α,β-unsaturated/α-hetero) is 1. The molecule has 0 bridgehead atoms. The maximum absolute atomic E-state index is 12.3. The van der Waals surface area contributed by atoms with Crippen LogP contribution in [-0.2, 0) is 0 Å². The molecule has 0 atom stereocenters. The average molecular weight is 371 g/mol. The molecule has 1 amide bonds. The van der Waals surface area contributed by atoms with Crippen LogP contribution < -0.4 is 10.1 Å². The summed E-state index contributed by atoms with van der Waals surface area (Å²) in [5.41, 5.74) is 1.50. The highest BCUT2D eigenvalue weighted by molar-refractivity contribution is 7.17. The van der Waals surface area contributed by atoms with E-state index in [1.165, 1.54) is 6.92 Å². The van der Waals surface area contributed by atoms with E-state index in [4.69, 9.17) is 9.26 Å². The van der Waals surface area contributed by atoms with Crippen LogP contribution in [0.25, 0.3) is 11.3 Å². The molecule has 134 valence electrons. The molecule has 3 rings (SSSR count). The van der Waals surface area contributed by atoms with Gasteiger partial charge in [0.2, 0.25) is 0 Å². The molecule has 0 spiro atoms. The van der Waals surface area contributed by atoms with Gasteiger partial charge >= 0.3 is 0 Å². The molecule has 3 aromatic rings. The van der Waals surface area contributed by atoms with Gasteiger partial charge in [-0.2, -0.15) is 0 Å². The summed E-state index contributed by atoms with van der Waals surface area (Å²) in [6, 6.07) is 8.86. The summed E-state index contributed by atoms with van der Waals surface area (Å²) in [6.45, 7) is 5.70. The summed E-state index contributed by atoms with van der Waals surface area (Å²) in [5, 5.41) is 6.79. The fourth-order valence-corrected chi connectivity index (χ4v) is 3.19. The number of aryl methyl sites for hydroxylation is 1. The van der Waals surface area contributed by atoms with Gasteiger partial charge < -0.3 is 9.26 Å². The molecular formula is C18H17N3O4S. The zero-order chi connectivity index (χ0) is 18.7. The lowest BCUT2D eigenvalue weighted by Crippen LogP contribution is -2.11. The normalized spacial score (nSPS) is 10.6. The van der Waals surface area contributed by atoms with Crippen LogP contribution in [0.3, 0.4) is 0 Å². The molecule has 1 aromatic carbocycles. The van der Waals surface area contributed by atoms with Crippen LogP contribution >= 0.6 is 11.3 Å². The van der Waals surface area contributed by atoms with E-state index in [2.05, 4.69) is 15.5 Å². The second kappa shape index (κ2) is 7.49. The number of amides is 1. The highest BCUT2D eigenvalue weighted by atomic mass is 32.1. The van der Waals surface area contributed by atoms with Crippen LogP contribution in [0.1, 0.15) is 39.7 Å². The summed E-state index contributed by atoms with van der Waals surface area (Å²) >= 11 is 1.14. The molecule has 2 heterocycles. The Labute approximate surface area is 154 Å². The Morgan fingerprint density at radius 3 is 2.62 bits per heavy atom. The van der Waals surface area contributed by atoms with Crippen molar-refractivity contribution in [2.45, 2.75) is 20.8 Å². The number of carbonyl (C=O) groups is 2. The van der Waals surface area contributed by atoms with Gasteiger partial charge in [0.1, 0.15) is 5.75 Å². The number of benzene rings is 1. The van der Waals surface area contributed by atoms with Crippen molar-refractivity contribution in [2.75, 3.05) is 11.9 Å². The lowest BCUT2D eigenvalue weighted by Gasteiger charge is -2.02. The number of aromatic nitrogens is 2. The molecular weight excluding hydrogens is 354 g/mol. The molecule has 7 nitrogen and oxygen atoms in total. The van der Waals surface area contributed by atoms with Crippen LogP contribution in [-0.4, -0.2) is 28.4 Å². The number of hydrogen-bond donors (Lipinski definition) is 1. The predicted octanol–water partition coefficient (Wildman–Crippen LogP) is 3.96. The standard InChI is InChI=1S/C18H17N3O4S/c1-4-24-13-7-5-12(6-8-13)15-9-14(21-25-15)17(23)20-18-19-10(2)16(26-18)11(3)22/h5-9H,4H2,1-3H3,(H,19,20,23). The molecule has 0 saturated carbocycles. The number of nitrogens with zero attached hydrogens (tertiary/aromatic N) is 2. The first kappa shape index (κ1) is 17.8. The van der Waals surface area contributed by atoms with Gasteiger partial charge in [0, 0.05) is 18.6 Å². The molecule has 8 heteroatoms. The molecule has 0 aliphatic heterocycles. The molecule has 0 aliphatic rings. The minimum atomic E-state index is -0.449. The largest absolute Gasteiger partial charge is 0.494 e. The Kier molecular flexibility index (Phi) is 5.13. The highest BCUT2D eigenvalue weighted by Crippen LogP contribution is 2.25. The highest BCUT2D eigenvalue weighted by Gasteiger charge is 2.17. The van der Waals surface area contributed by atoms with Gasteiger partial charge in [-0.3, -0.25) is 14.9 Å². The zero-order valence-electron chi connectivity index (χ0n) is 14.5. The van der Waals surface area contributed by atoms with Crippen molar-refractivity contribution in [3.63, 3.8) is 0 Å². The van der Waals surface area contributed by atoms with E-state index in [-0.39, 0.29) is 11.5 Å². The summed E-state index contributed by atoms with van der Waals surface area (Å²) in [5.74, 6) is 0.696. The summed E-state index contributed by atoms with van der Waals surface area (Å²) < 4.78 is 10.6. The number of hydrogen-bond acceptors (Lipinski definition) is 7. The van der Waals surface area contributed by atoms with Crippen molar-refractivity contribution < 1.29 is 18.8 Å². The van der Waals surface area contributed by atoms with Crippen molar-refractivity contribution in [1.82, 2.24) is 10.1 Å². The van der Waals surface area contributed by atoms with E-state index in [0.29, 0.717) is 28.1 Å². The van der Waals surface area contributed by atoms with Crippen molar-refractivity contribution >= 4 is 28.2 Å². The number of thiazole rings is 1. The molecule has 0 aliphatic carbocycles. The quantitative estimate of drug-likeness (QED) is 0.659. The minimum Gasteiger partial charge on any atom is -0.494 e. The molecule has 0 unspecified atom stereocenters. The van der Waals surface area contributed by atoms with E-state index in [1.54, 1.807) is 13.0 Å². The van der Waals surface area contributed by atoms with Gasteiger partial charge in [-0.1, -0.05) is 16.5 Å². The van der Waals surface area contributed by atoms with Crippen LogP contribution in [0.4, 0.5) is 5.13 Å². The van der Waals surface area contributed by atoms with Gasteiger partial charge in [-0.15, -0.1) is 0 Å². The average Bonchev–Trinajstić information content (AvgIpc) is 3.23. The van der Waals surface area contributed by atoms with Crippen LogP contribution in [0.2, 0.25) is 0 Å². The fourth-order valence-electron chi connectivity index (χ4n) is 2.34. The van der Waals surface area contributed by atoms with Gasteiger partial charge in [0.15, 0.2) is 22.4 Å². The zero-order valence-corrected chi connectivity index (χ0v) is 15.3. The number of carbonyl (C=O) groups excluding carboxylic acids is 2. The molecule has 2 aromatic heterocycles. The monoisotopic (exact) mass is 371 g/mol. The molecule has 0 saturated heterocycles. The molecule has 26 heavy (non-hydrogen) atoms. The number of ketones is 1. The van der Waals surface area contributed by atoms with Crippen LogP contribution in [0.15, 0.2) is 34.9 Å². The number of anilines is 1. The van der Waals surface area contributed by atoms with Gasteiger partial charge in [0.25, 0.3) is 5.91 Å². The Morgan fingerprint density at radius 1 is 1.27 bits per heavy atom. The summed E-state index contributed by atoms with van der Waals surface area (Å²) in [7, 11) is 0. The van der Waals surface area contributed by atoms with Gasteiger partial charge in [-0.25, -0.2) is 4.98 Å². The maximum atomic E-state index is 12.3. The molecule has 0 radical (unpaired) electrons. The van der Waals surface area contributed by atoms with Gasteiger partial charge in [-0.05, 0) is 38.1 Å².